The van der Waals surface area contributed by atoms with Crippen molar-refractivity contribution in [3.05, 3.63) is 51.6 Å². The van der Waals surface area contributed by atoms with E-state index in [2.05, 4.69) is 20.9 Å². The van der Waals surface area contributed by atoms with Crippen LogP contribution in [0.4, 0.5) is 0 Å². The standard InChI is InChI=1S/C12H7BrClNO3/c13-7-5-8(12(16)17)11(15-6-7)18-10-4-2-1-3-9(10)14/h1-6H,(H,16,17). The number of hydrogen-bond acceptors (Lipinski definition) is 3. The zero-order chi connectivity index (χ0) is 13.1. The molecule has 0 aliphatic rings. The minimum atomic E-state index is -1.12. The largest absolute Gasteiger partial charge is 0.477 e. The van der Waals surface area contributed by atoms with Gasteiger partial charge in [-0.25, -0.2) is 9.78 Å². The van der Waals surface area contributed by atoms with Crippen molar-refractivity contribution in [2.24, 2.45) is 0 Å². The molecule has 1 heterocycles. The normalized spacial score (nSPS) is 10.1. The third-order valence-corrected chi connectivity index (χ3v) is 2.84. The second-order valence-electron chi connectivity index (χ2n) is 3.34. The number of benzene rings is 1. The van der Waals surface area contributed by atoms with Crippen LogP contribution in [-0.2, 0) is 0 Å². The van der Waals surface area contributed by atoms with Gasteiger partial charge in [0.1, 0.15) is 11.3 Å². The van der Waals surface area contributed by atoms with Crippen molar-refractivity contribution in [3.8, 4) is 11.6 Å². The Hall–Kier alpha value is -1.59. The highest BCUT2D eigenvalue weighted by Crippen LogP contribution is 2.30. The molecule has 2 rings (SSSR count). The second-order valence-corrected chi connectivity index (χ2v) is 4.67. The molecule has 0 amide bonds. The van der Waals surface area contributed by atoms with Crippen LogP contribution >= 0.6 is 27.5 Å². The Labute approximate surface area is 116 Å². The number of carboxylic acids is 1. The molecule has 0 atom stereocenters. The first-order chi connectivity index (χ1) is 8.58. The topological polar surface area (TPSA) is 59.4 Å². The fourth-order valence-corrected chi connectivity index (χ4v) is 1.80. The first kappa shape index (κ1) is 12.9. The van der Waals surface area contributed by atoms with Crippen molar-refractivity contribution in [2.45, 2.75) is 0 Å². The molecule has 0 aliphatic carbocycles. The van der Waals surface area contributed by atoms with Gasteiger partial charge in [-0.2, -0.15) is 0 Å². The van der Waals surface area contributed by atoms with Gasteiger partial charge in [0, 0.05) is 10.7 Å². The minimum absolute atomic E-state index is 0.00111. The van der Waals surface area contributed by atoms with E-state index >= 15 is 0 Å². The smallest absolute Gasteiger partial charge is 0.341 e. The Morgan fingerprint density at radius 1 is 1.39 bits per heavy atom. The molecular formula is C12H7BrClNO3. The monoisotopic (exact) mass is 327 g/mol. The van der Waals surface area contributed by atoms with Crippen LogP contribution in [-0.4, -0.2) is 16.1 Å². The van der Waals surface area contributed by atoms with Crippen LogP contribution < -0.4 is 4.74 Å². The summed E-state index contributed by atoms with van der Waals surface area (Å²) in [5.74, 6) is -0.763. The fourth-order valence-electron chi connectivity index (χ4n) is 1.29. The van der Waals surface area contributed by atoms with Crippen molar-refractivity contribution in [3.63, 3.8) is 0 Å². The van der Waals surface area contributed by atoms with Gasteiger partial charge in [0.2, 0.25) is 5.88 Å². The average Bonchev–Trinajstić information content (AvgIpc) is 2.34. The Morgan fingerprint density at radius 3 is 2.78 bits per heavy atom. The number of carboxylic acid groups (broad SMARTS) is 1. The molecule has 0 bridgehead atoms. The van der Waals surface area contributed by atoms with E-state index in [1.165, 1.54) is 12.3 Å². The number of ether oxygens (including phenoxy) is 1. The number of carbonyl (C=O) groups is 1. The predicted molar refractivity (Wildman–Crippen MR) is 70.4 cm³/mol. The summed E-state index contributed by atoms with van der Waals surface area (Å²) in [7, 11) is 0. The number of nitrogens with zero attached hydrogens (tertiary/aromatic N) is 1. The number of hydrogen-bond donors (Lipinski definition) is 1. The zero-order valence-electron chi connectivity index (χ0n) is 8.93. The zero-order valence-corrected chi connectivity index (χ0v) is 11.3. The van der Waals surface area contributed by atoms with Crippen molar-refractivity contribution in [2.75, 3.05) is 0 Å². The number of pyridine rings is 1. The second kappa shape index (κ2) is 5.37. The van der Waals surface area contributed by atoms with Gasteiger partial charge < -0.3 is 9.84 Å². The predicted octanol–water partition coefficient (Wildman–Crippen LogP) is 3.99. The Balaban J connectivity index is 2.41. The molecule has 18 heavy (non-hydrogen) atoms. The molecular weight excluding hydrogens is 321 g/mol. The maximum Gasteiger partial charge on any atom is 0.341 e. The highest BCUT2D eigenvalue weighted by Gasteiger charge is 2.15. The summed E-state index contributed by atoms with van der Waals surface area (Å²) >= 11 is 9.08. The van der Waals surface area contributed by atoms with Gasteiger partial charge in [-0.15, -0.1) is 0 Å². The first-order valence-electron chi connectivity index (χ1n) is 4.89. The summed E-state index contributed by atoms with van der Waals surface area (Å²) in [6, 6.07) is 8.19. The van der Waals surface area contributed by atoms with Crippen molar-refractivity contribution in [1.29, 1.82) is 0 Å². The van der Waals surface area contributed by atoms with E-state index in [1.54, 1.807) is 24.3 Å². The Bertz CT molecular complexity index is 604. The Kier molecular flexibility index (Phi) is 3.84. The van der Waals surface area contributed by atoms with Crippen molar-refractivity contribution >= 4 is 33.5 Å². The third kappa shape index (κ3) is 2.80. The van der Waals surface area contributed by atoms with E-state index in [4.69, 9.17) is 21.4 Å². The molecule has 1 N–H and O–H groups in total. The summed E-state index contributed by atoms with van der Waals surface area (Å²) in [4.78, 5) is 15.0. The van der Waals surface area contributed by atoms with Gasteiger partial charge in [-0.1, -0.05) is 23.7 Å². The SMILES string of the molecule is O=C(O)c1cc(Br)cnc1Oc1ccccc1Cl. The molecule has 0 fully saturated rings. The van der Waals surface area contributed by atoms with Crippen LogP contribution in [0.3, 0.4) is 0 Å². The number of aromatic carboxylic acids is 1. The Morgan fingerprint density at radius 2 is 2.11 bits per heavy atom. The molecule has 92 valence electrons. The number of para-hydroxylation sites is 1. The maximum absolute atomic E-state index is 11.1. The van der Waals surface area contributed by atoms with Gasteiger partial charge in [-0.05, 0) is 34.1 Å². The lowest BCUT2D eigenvalue weighted by Crippen LogP contribution is -2.02. The number of rotatable bonds is 3. The molecule has 4 nitrogen and oxygen atoms in total. The number of halogens is 2. The lowest BCUT2D eigenvalue weighted by Gasteiger charge is -2.08. The first-order valence-corrected chi connectivity index (χ1v) is 6.06. The average molecular weight is 329 g/mol. The van der Waals surface area contributed by atoms with Crippen LogP contribution in [0.1, 0.15) is 10.4 Å². The van der Waals surface area contributed by atoms with Gasteiger partial charge in [0.05, 0.1) is 5.02 Å². The molecule has 0 radical (unpaired) electrons. The molecule has 6 heteroatoms. The lowest BCUT2D eigenvalue weighted by atomic mass is 10.3. The van der Waals surface area contributed by atoms with Crippen molar-refractivity contribution < 1.29 is 14.6 Å². The van der Waals surface area contributed by atoms with Crippen molar-refractivity contribution in [1.82, 2.24) is 4.98 Å². The van der Waals surface area contributed by atoms with Gasteiger partial charge >= 0.3 is 5.97 Å². The van der Waals surface area contributed by atoms with E-state index in [0.29, 0.717) is 15.2 Å². The highest BCUT2D eigenvalue weighted by molar-refractivity contribution is 9.10. The maximum atomic E-state index is 11.1. The van der Waals surface area contributed by atoms with Crippen LogP contribution in [0.5, 0.6) is 11.6 Å². The molecule has 0 spiro atoms. The molecule has 0 saturated heterocycles. The molecule has 2 aromatic rings. The van der Waals surface area contributed by atoms with Crippen LogP contribution in [0.25, 0.3) is 0 Å². The van der Waals surface area contributed by atoms with Gasteiger partial charge in [0.25, 0.3) is 0 Å². The van der Waals surface area contributed by atoms with Crippen LogP contribution in [0.2, 0.25) is 5.02 Å². The van der Waals surface area contributed by atoms with E-state index in [9.17, 15) is 4.79 Å². The minimum Gasteiger partial charge on any atom is -0.477 e. The summed E-state index contributed by atoms with van der Waals surface area (Å²) in [5.41, 5.74) is -0.0377. The molecule has 0 saturated carbocycles. The third-order valence-electron chi connectivity index (χ3n) is 2.09. The van der Waals surface area contributed by atoms with Crippen LogP contribution in [0.15, 0.2) is 41.0 Å². The molecule has 0 unspecified atom stereocenters. The van der Waals surface area contributed by atoms with E-state index in [-0.39, 0.29) is 11.4 Å². The van der Waals surface area contributed by atoms with Gasteiger partial charge in [0.15, 0.2) is 0 Å². The van der Waals surface area contributed by atoms with Gasteiger partial charge in [-0.3, -0.25) is 0 Å². The number of aromatic nitrogens is 1. The highest BCUT2D eigenvalue weighted by atomic mass is 79.9. The molecule has 0 aliphatic heterocycles. The van der Waals surface area contributed by atoms with E-state index in [0.717, 1.165) is 0 Å². The van der Waals surface area contributed by atoms with E-state index in [1.807, 2.05) is 0 Å². The summed E-state index contributed by atoms with van der Waals surface area (Å²) < 4.78 is 5.97. The fraction of sp³-hybridized carbons (Fsp3) is 0. The van der Waals surface area contributed by atoms with Crippen LogP contribution in [0, 0.1) is 0 Å². The summed E-state index contributed by atoms with van der Waals surface area (Å²) in [6.45, 7) is 0. The quantitative estimate of drug-likeness (QED) is 0.925. The lowest BCUT2D eigenvalue weighted by molar-refractivity contribution is 0.0693. The summed E-state index contributed by atoms with van der Waals surface area (Å²) in [5, 5.41) is 9.45. The molecule has 1 aromatic heterocycles. The summed E-state index contributed by atoms with van der Waals surface area (Å²) in [6.07, 6.45) is 1.46. The van der Waals surface area contributed by atoms with E-state index < -0.39 is 5.97 Å². The molecule has 1 aromatic carbocycles.